The summed E-state index contributed by atoms with van der Waals surface area (Å²) in [5.41, 5.74) is 2.75. The van der Waals surface area contributed by atoms with E-state index in [1.165, 1.54) is 24.1 Å². The van der Waals surface area contributed by atoms with E-state index in [-0.39, 0.29) is 12.4 Å². The highest BCUT2D eigenvalue weighted by Crippen LogP contribution is 2.31. The quantitative estimate of drug-likeness (QED) is 0.792. The molecule has 0 radical (unpaired) electrons. The van der Waals surface area contributed by atoms with Crippen molar-refractivity contribution in [3.63, 3.8) is 0 Å². The Kier molecular flexibility index (Phi) is 4.43. The van der Waals surface area contributed by atoms with Crippen molar-refractivity contribution in [2.45, 2.75) is 18.9 Å². The zero-order valence-electron chi connectivity index (χ0n) is 9.36. The molecule has 2 nitrogen and oxygen atoms in total. The van der Waals surface area contributed by atoms with Crippen molar-refractivity contribution in [2.24, 2.45) is 0 Å². The second-order valence-electron chi connectivity index (χ2n) is 4.14. The molecule has 1 atom stereocenters. The molecule has 0 saturated carbocycles. The minimum Gasteiger partial charge on any atom is -0.385 e. The van der Waals surface area contributed by atoms with Gasteiger partial charge in [-0.25, -0.2) is 0 Å². The number of hydrogen-bond donors (Lipinski definition) is 1. The minimum atomic E-state index is 0. The van der Waals surface area contributed by atoms with E-state index in [4.69, 9.17) is 0 Å². The van der Waals surface area contributed by atoms with Crippen LogP contribution < -0.4 is 5.32 Å². The molecule has 0 aliphatic carbocycles. The topological polar surface area (TPSA) is 15.3 Å². The predicted molar refractivity (Wildman–Crippen MR) is 67.8 cm³/mol. The first kappa shape index (κ1) is 12.3. The number of hydrogen-bond acceptors (Lipinski definition) is 2. The van der Waals surface area contributed by atoms with Crippen LogP contribution in [0.15, 0.2) is 24.3 Å². The molecule has 1 aliphatic heterocycles. The van der Waals surface area contributed by atoms with E-state index in [0.29, 0.717) is 6.04 Å². The van der Waals surface area contributed by atoms with Crippen LogP contribution in [-0.4, -0.2) is 25.5 Å². The third-order valence-corrected chi connectivity index (χ3v) is 2.91. The van der Waals surface area contributed by atoms with Gasteiger partial charge >= 0.3 is 0 Å². The van der Waals surface area contributed by atoms with Crippen LogP contribution in [0.5, 0.6) is 0 Å². The Hall–Kier alpha value is -0.730. The van der Waals surface area contributed by atoms with Crippen molar-refractivity contribution in [1.29, 1.82) is 0 Å². The molecule has 1 aromatic carbocycles. The van der Waals surface area contributed by atoms with Crippen LogP contribution in [-0.2, 0) is 0 Å². The summed E-state index contributed by atoms with van der Waals surface area (Å²) >= 11 is 0. The van der Waals surface area contributed by atoms with Crippen LogP contribution in [0.3, 0.4) is 0 Å². The van der Waals surface area contributed by atoms with E-state index in [1.54, 1.807) is 0 Å². The molecule has 15 heavy (non-hydrogen) atoms. The largest absolute Gasteiger partial charge is 0.385 e. The van der Waals surface area contributed by atoms with Crippen molar-refractivity contribution < 1.29 is 0 Å². The van der Waals surface area contributed by atoms with Gasteiger partial charge in [0.05, 0.1) is 0 Å². The summed E-state index contributed by atoms with van der Waals surface area (Å²) in [6, 6.07) is 9.21. The van der Waals surface area contributed by atoms with Crippen molar-refractivity contribution in [3.8, 4) is 0 Å². The maximum absolute atomic E-state index is 3.48. The number of rotatable bonds is 1. The first-order valence-electron chi connectivity index (χ1n) is 5.28. The highest BCUT2D eigenvalue weighted by molar-refractivity contribution is 5.85. The monoisotopic (exact) mass is 226 g/mol. The van der Waals surface area contributed by atoms with Gasteiger partial charge in [0.1, 0.15) is 0 Å². The summed E-state index contributed by atoms with van der Waals surface area (Å²) in [5.74, 6) is 0. The van der Waals surface area contributed by atoms with Crippen molar-refractivity contribution in [1.82, 2.24) is 4.90 Å². The molecule has 2 rings (SSSR count). The fourth-order valence-electron chi connectivity index (χ4n) is 2.16. The lowest BCUT2D eigenvalue weighted by molar-refractivity contribution is 0.284. The lowest BCUT2D eigenvalue weighted by atomic mass is 10.0. The van der Waals surface area contributed by atoms with Gasteiger partial charge in [0.25, 0.3) is 0 Å². The smallest absolute Gasteiger partial charge is 0.0388 e. The van der Waals surface area contributed by atoms with Gasteiger partial charge in [-0.15, -0.1) is 12.4 Å². The number of anilines is 1. The van der Waals surface area contributed by atoms with E-state index < -0.39 is 0 Å². The summed E-state index contributed by atoms with van der Waals surface area (Å²) in [4.78, 5) is 2.31. The fraction of sp³-hybridized carbons (Fsp3) is 0.500. The van der Waals surface area contributed by atoms with Gasteiger partial charge in [0, 0.05) is 18.3 Å². The third-order valence-electron chi connectivity index (χ3n) is 2.91. The molecule has 1 aliphatic rings. The normalized spacial score (nSPS) is 19.8. The molecule has 0 aromatic heterocycles. The van der Waals surface area contributed by atoms with Crippen LogP contribution in [0.2, 0.25) is 0 Å². The summed E-state index contributed by atoms with van der Waals surface area (Å²) < 4.78 is 0. The van der Waals surface area contributed by atoms with Crippen LogP contribution >= 0.6 is 12.4 Å². The van der Waals surface area contributed by atoms with Crippen molar-refractivity contribution in [3.05, 3.63) is 29.8 Å². The van der Waals surface area contributed by atoms with Gasteiger partial charge in [-0.2, -0.15) is 0 Å². The van der Waals surface area contributed by atoms with Gasteiger partial charge in [-0.3, -0.25) is 0 Å². The Balaban J connectivity index is 0.00000112. The number of nitrogens with zero attached hydrogens (tertiary/aromatic N) is 1. The van der Waals surface area contributed by atoms with Crippen molar-refractivity contribution in [2.75, 3.05) is 26.0 Å². The molecule has 1 aromatic rings. The molecular weight excluding hydrogens is 208 g/mol. The Morgan fingerprint density at radius 1 is 1.27 bits per heavy atom. The molecule has 84 valence electrons. The maximum Gasteiger partial charge on any atom is 0.0388 e. The van der Waals surface area contributed by atoms with E-state index >= 15 is 0 Å². The van der Waals surface area contributed by atoms with Gasteiger partial charge in [0.2, 0.25) is 0 Å². The van der Waals surface area contributed by atoms with Crippen LogP contribution in [0.4, 0.5) is 5.69 Å². The molecule has 3 heteroatoms. The first-order valence-corrected chi connectivity index (χ1v) is 5.28. The Bertz CT molecular complexity index is 312. The fourth-order valence-corrected chi connectivity index (χ4v) is 2.16. The zero-order chi connectivity index (χ0) is 9.97. The van der Waals surface area contributed by atoms with Gasteiger partial charge < -0.3 is 10.2 Å². The maximum atomic E-state index is 3.48. The average Bonchev–Trinajstić information content (AvgIpc) is 2.39. The molecule has 0 amide bonds. The number of halogens is 1. The van der Waals surface area contributed by atoms with E-state index in [2.05, 4.69) is 48.6 Å². The standard InChI is InChI=1S/C12H18N2.ClH/c1-14(2)12-8-5-9-13-11-7-4-3-6-10(11)12;/h3-4,6-7,12-13H,5,8-9H2,1-2H3;1H. The summed E-state index contributed by atoms with van der Waals surface area (Å²) in [6.45, 7) is 1.10. The highest BCUT2D eigenvalue weighted by atomic mass is 35.5. The summed E-state index contributed by atoms with van der Waals surface area (Å²) in [6.07, 6.45) is 2.49. The highest BCUT2D eigenvalue weighted by Gasteiger charge is 2.19. The molecule has 1 heterocycles. The number of benzene rings is 1. The van der Waals surface area contributed by atoms with E-state index in [1.807, 2.05) is 0 Å². The second kappa shape index (κ2) is 5.38. The number of nitrogens with one attached hydrogen (secondary N) is 1. The molecule has 1 unspecified atom stereocenters. The zero-order valence-corrected chi connectivity index (χ0v) is 10.2. The molecule has 0 saturated heterocycles. The van der Waals surface area contributed by atoms with Crippen LogP contribution in [0.1, 0.15) is 24.4 Å². The first-order chi connectivity index (χ1) is 6.79. The Morgan fingerprint density at radius 3 is 2.73 bits per heavy atom. The summed E-state index contributed by atoms with van der Waals surface area (Å²) in [7, 11) is 4.32. The Morgan fingerprint density at radius 2 is 2.00 bits per heavy atom. The Labute approximate surface area is 98.1 Å². The van der Waals surface area contributed by atoms with Crippen LogP contribution in [0, 0.1) is 0 Å². The van der Waals surface area contributed by atoms with Gasteiger partial charge in [-0.1, -0.05) is 18.2 Å². The average molecular weight is 227 g/mol. The molecule has 0 fully saturated rings. The third kappa shape index (κ3) is 2.64. The SMILES string of the molecule is CN(C)C1CCCNc2ccccc21.Cl. The van der Waals surface area contributed by atoms with Crippen molar-refractivity contribution >= 4 is 18.1 Å². The van der Waals surface area contributed by atoms with Gasteiger partial charge in [0.15, 0.2) is 0 Å². The lowest BCUT2D eigenvalue weighted by Crippen LogP contribution is -2.19. The lowest BCUT2D eigenvalue weighted by Gasteiger charge is -2.24. The number of para-hydroxylation sites is 1. The minimum absolute atomic E-state index is 0. The second-order valence-corrected chi connectivity index (χ2v) is 4.14. The number of fused-ring (bicyclic) bond motifs is 1. The van der Waals surface area contributed by atoms with Gasteiger partial charge in [-0.05, 0) is 38.6 Å². The molecule has 0 bridgehead atoms. The van der Waals surface area contributed by atoms with E-state index in [9.17, 15) is 0 Å². The predicted octanol–water partition coefficient (Wildman–Crippen LogP) is 2.92. The van der Waals surface area contributed by atoms with Crippen LogP contribution in [0.25, 0.3) is 0 Å². The molecular formula is C12H19ClN2. The summed E-state index contributed by atoms with van der Waals surface area (Å²) in [5, 5.41) is 3.48. The van der Waals surface area contributed by atoms with E-state index in [0.717, 1.165) is 6.54 Å². The molecule has 0 spiro atoms. The molecule has 1 N–H and O–H groups in total.